The van der Waals surface area contributed by atoms with E-state index >= 15 is 0 Å². The Balaban J connectivity index is 2.30. The van der Waals surface area contributed by atoms with Crippen molar-refractivity contribution < 1.29 is 9.50 Å². The zero-order chi connectivity index (χ0) is 12.5. The fourth-order valence-electron chi connectivity index (χ4n) is 2.47. The quantitative estimate of drug-likeness (QED) is 0.823. The summed E-state index contributed by atoms with van der Waals surface area (Å²) in [6, 6.07) is 4.98. The van der Waals surface area contributed by atoms with Gasteiger partial charge in [-0.3, -0.25) is 0 Å². The molecule has 0 amide bonds. The fraction of sp³-hybridized carbons (Fsp3) is 0.538. The first-order valence-corrected chi connectivity index (χ1v) is 5.98. The highest BCUT2D eigenvalue weighted by atomic mass is 19.1. The first-order chi connectivity index (χ1) is 8.03. The van der Waals surface area contributed by atoms with Crippen LogP contribution in [0.1, 0.15) is 25.3 Å². The van der Waals surface area contributed by atoms with Gasteiger partial charge >= 0.3 is 0 Å². The summed E-state index contributed by atoms with van der Waals surface area (Å²) < 4.78 is 13.6. The first kappa shape index (κ1) is 12.3. The summed E-state index contributed by atoms with van der Waals surface area (Å²) >= 11 is 0. The minimum absolute atomic E-state index is 0.181. The molecule has 0 aliphatic carbocycles. The molecule has 3 nitrogen and oxygen atoms in total. The number of anilines is 1. The minimum Gasteiger partial charge on any atom is -0.388 e. The summed E-state index contributed by atoms with van der Waals surface area (Å²) in [6.07, 6.45) is 1.70. The second kappa shape index (κ2) is 4.63. The normalized spacial score (nSPS) is 25.1. The molecule has 4 heteroatoms. The Morgan fingerprint density at radius 1 is 1.53 bits per heavy atom. The van der Waals surface area contributed by atoms with Gasteiger partial charge in [-0.15, -0.1) is 0 Å². The molecule has 0 saturated carbocycles. The average Bonchev–Trinajstić information content (AvgIpc) is 2.27. The second-order valence-corrected chi connectivity index (χ2v) is 4.96. The molecule has 0 radical (unpaired) electrons. The van der Waals surface area contributed by atoms with E-state index in [4.69, 9.17) is 5.73 Å². The van der Waals surface area contributed by atoms with Gasteiger partial charge in [-0.05, 0) is 31.9 Å². The van der Waals surface area contributed by atoms with Crippen LogP contribution in [0.3, 0.4) is 0 Å². The van der Waals surface area contributed by atoms with Crippen LogP contribution in [0.5, 0.6) is 0 Å². The lowest BCUT2D eigenvalue weighted by Gasteiger charge is -2.39. The summed E-state index contributed by atoms with van der Waals surface area (Å²) in [7, 11) is 0. The third-order valence-electron chi connectivity index (χ3n) is 3.31. The molecule has 1 aliphatic heterocycles. The van der Waals surface area contributed by atoms with Gasteiger partial charge in [-0.2, -0.15) is 0 Å². The smallest absolute Gasteiger partial charge is 0.129 e. The van der Waals surface area contributed by atoms with Crippen LogP contribution in [0, 0.1) is 5.82 Å². The van der Waals surface area contributed by atoms with Crippen LogP contribution in [-0.2, 0) is 6.54 Å². The maximum Gasteiger partial charge on any atom is 0.129 e. The summed E-state index contributed by atoms with van der Waals surface area (Å²) in [5.74, 6) is -0.268. The van der Waals surface area contributed by atoms with Gasteiger partial charge in [0.25, 0.3) is 0 Å². The maximum atomic E-state index is 13.6. The lowest BCUT2D eigenvalue weighted by atomic mass is 9.94. The molecule has 2 rings (SSSR count). The zero-order valence-electron chi connectivity index (χ0n) is 10.1. The molecule has 1 heterocycles. The molecular formula is C13H19FN2O. The number of hydrogen-bond acceptors (Lipinski definition) is 3. The maximum absolute atomic E-state index is 13.6. The second-order valence-electron chi connectivity index (χ2n) is 4.96. The summed E-state index contributed by atoms with van der Waals surface area (Å²) in [4.78, 5) is 2.02. The van der Waals surface area contributed by atoms with Crippen LogP contribution in [0.4, 0.5) is 10.1 Å². The van der Waals surface area contributed by atoms with Gasteiger partial charge in [0.15, 0.2) is 0 Å². The van der Waals surface area contributed by atoms with Gasteiger partial charge in [0.2, 0.25) is 0 Å². The molecule has 0 aromatic heterocycles. The third-order valence-corrected chi connectivity index (χ3v) is 3.31. The number of nitrogens with zero attached hydrogens (tertiary/aromatic N) is 1. The van der Waals surface area contributed by atoms with Crippen molar-refractivity contribution in [2.24, 2.45) is 5.73 Å². The number of piperidine rings is 1. The molecule has 0 spiro atoms. The molecule has 1 atom stereocenters. The Morgan fingerprint density at radius 3 is 2.94 bits per heavy atom. The van der Waals surface area contributed by atoms with E-state index in [1.165, 1.54) is 6.07 Å². The van der Waals surface area contributed by atoms with Crippen molar-refractivity contribution in [2.75, 3.05) is 18.0 Å². The van der Waals surface area contributed by atoms with Crippen molar-refractivity contribution in [1.29, 1.82) is 0 Å². The van der Waals surface area contributed by atoms with Crippen LogP contribution in [0.2, 0.25) is 0 Å². The number of benzene rings is 1. The number of halogens is 1. The Hall–Kier alpha value is -1.13. The molecule has 1 aromatic rings. The predicted molar refractivity (Wildman–Crippen MR) is 66.4 cm³/mol. The lowest BCUT2D eigenvalue weighted by Crippen LogP contribution is -2.46. The van der Waals surface area contributed by atoms with E-state index in [0.29, 0.717) is 12.1 Å². The highest BCUT2D eigenvalue weighted by Crippen LogP contribution is 2.29. The molecule has 94 valence electrons. The molecule has 0 bridgehead atoms. The van der Waals surface area contributed by atoms with E-state index in [2.05, 4.69) is 0 Å². The Kier molecular flexibility index (Phi) is 3.35. The van der Waals surface area contributed by atoms with E-state index in [-0.39, 0.29) is 12.4 Å². The van der Waals surface area contributed by atoms with Crippen molar-refractivity contribution in [2.45, 2.75) is 31.9 Å². The molecule has 1 unspecified atom stereocenters. The minimum atomic E-state index is -0.698. The summed E-state index contributed by atoms with van der Waals surface area (Å²) in [6.45, 7) is 3.37. The van der Waals surface area contributed by atoms with Crippen LogP contribution in [0.15, 0.2) is 18.2 Å². The van der Waals surface area contributed by atoms with Gasteiger partial charge in [-0.25, -0.2) is 4.39 Å². The SMILES string of the molecule is CC1(O)CCCN(c2cccc(F)c2CN)C1. The standard InChI is InChI=1S/C13H19FN2O/c1-13(17)6-3-7-16(9-13)12-5-2-4-11(14)10(12)8-15/h2,4-5,17H,3,6-9,15H2,1H3. The zero-order valence-corrected chi connectivity index (χ0v) is 10.1. The number of nitrogens with two attached hydrogens (primary N) is 1. The number of rotatable bonds is 2. The van der Waals surface area contributed by atoms with Gasteiger partial charge in [0.05, 0.1) is 5.60 Å². The van der Waals surface area contributed by atoms with Crippen LogP contribution >= 0.6 is 0 Å². The predicted octanol–water partition coefficient (Wildman–Crippen LogP) is 1.64. The topological polar surface area (TPSA) is 49.5 Å². The van der Waals surface area contributed by atoms with Gasteiger partial charge in [0, 0.05) is 30.9 Å². The average molecular weight is 238 g/mol. The Morgan fingerprint density at radius 2 is 2.29 bits per heavy atom. The van der Waals surface area contributed by atoms with E-state index < -0.39 is 5.60 Å². The van der Waals surface area contributed by atoms with E-state index in [1.54, 1.807) is 6.07 Å². The highest BCUT2D eigenvalue weighted by molar-refractivity contribution is 5.54. The van der Waals surface area contributed by atoms with Crippen LogP contribution < -0.4 is 10.6 Å². The van der Waals surface area contributed by atoms with Gasteiger partial charge in [0.1, 0.15) is 5.82 Å². The van der Waals surface area contributed by atoms with Crippen LogP contribution in [-0.4, -0.2) is 23.8 Å². The molecular weight excluding hydrogens is 219 g/mol. The van der Waals surface area contributed by atoms with Crippen molar-refractivity contribution in [3.63, 3.8) is 0 Å². The summed E-state index contributed by atoms with van der Waals surface area (Å²) in [5.41, 5.74) is 6.24. The monoisotopic (exact) mass is 238 g/mol. The largest absolute Gasteiger partial charge is 0.388 e. The first-order valence-electron chi connectivity index (χ1n) is 5.98. The Labute approximate surface area is 101 Å². The van der Waals surface area contributed by atoms with E-state index in [1.807, 2.05) is 17.9 Å². The van der Waals surface area contributed by atoms with E-state index in [0.717, 1.165) is 25.1 Å². The summed E-state index contributed by atoms with van der Waals surface area (Å²) in [5, 5.41) is 10.1. The molecule has 17 heavy (non-hydrogen) atoms. The van der Waals surface area contributed by atoms with E-state index in [9.17, 15) is 9.50 Å². The van der Waals surface area contributed by atoms with Crippen molar-refractivity contribution in [3.05, 3.63) is 29.6 Å². The van der Waals surface area contributed by atoms with Crippen molar-refractivity contribution >= 4 is 5.69 Å². The van der Waals surface area contributed by atoms with Gasteiger partial charge in [-0.1, -0.05) is 6.07 Å². The van der Waals surface area contributed by atoms with Crippen molar-refractivity contribution in [3.8, 4) is 0 Å². The number of hydrogen-bond donors (Lipinski definition) is 2. The fourth-order valence-corrected chi connectivity index (χ4v) is 2.47. The van der Waals surface area contributed by atoms with Crippen LogP contribution in [0.25, 0.3) is 0 Å². The molecule has 1 fully saturated rings. The van der Waals surface area contributed by atoms with Crippen molar-refractivity contribution in [1.82, 2.24) is 0 Å². The Bertz CT molecular complexity index is 406. The molecule has 1 aromatic carbocycles. The lowest BCUT2D eigenvalue weighted by molar-refractivity contribution is 0.0448. The van der Waals surface area contributed by atoms with Gasteiger partial charge < -0.3 is 15.7 Å². The number of β-amino-alcohol motifs (C(OH)–C–C–N with tert-alkyl or cyclic N) is 1. The molecule has 1 aliphatic rings. The highest BCUT2D eigenvalue weighted by Gasteiger charge is 2.29. The number of aliphatic hydroxyl groups is 1. The molecule has 3 N–H and O–H groups in total. The third kappa shape index (κ3) is 2.58. The molecule has 1 saturated heterocycles.